The van der Waals surface area contributed by atoms with E-state index in [4.69, 9.17) is 4.74 Å². The van der Waals surface area contributed by atoms with Crippen molar-refractivity contribution in [3.63, 3.8) is 0 Å². The van der Waals surface area contributed by atoms with E-state index in [9.17, 15) is 9.18 Å². The molecule has 1 N–H and O–H groups in total. The van der Waals surface area contributed by atoms with Crippen LogP contribution in [0, 0.1) is 5.82 Å². The fourth-order valence-corrected chi connectivity index (χ4v) is 2.97. The second-order valence-electron chi connectivity index (χ2n) is 5.02. The summed E-state index contributed by atoms with van der Waals surface area (Å²) in [4.78, 5) is 12.0. The molecule has 1 amide bonds. The van der Waals surface area contributed by atoms with Crippen LogP contribution in [0.5, 0.6) is 5.75 Å². The molecule has 0 heterocycles. The number of methoxy groups -OCH3 is 1. The van der Waals surface area contributed by atoms with Crippen LogP contribution >= 0.6 is 11.8 Å². The maximum atomic E-state index is 13.6. The third kappa shape index (κ3) is 4.99. The molecule has 5 heteroatoms. The summed E-state index contributed by atoms with van der Waals surface area (Å²) in [6, 6.07) is 12.6. The lowest BCUT2D eigenvalue weighted by molar-refractivity contribution is -0.113. The summed E-state index contributed by atoms with van der Waals surface area (Å²) in [6.07, 6.45) is 0.870. The summed E-state index contributed by atoms with van der Waals surface area (Å²) >= 11 is 1.45. The SMILES string of the molecule is CCc1ccccc1NC(=O)CSCc1ccc(OC)c(F)c1. The van der Waals surface area contributed by atoms with Gasteiger partial charge in [0, 0.05) is 11.4 Å². The van der Waals surface area contributed by atoms with E-state index in [0.29, 0.717) is 11.5 Å². The van der Waals surface area contributed by atoms with E-state index in [1.165, 1.54) is 24.9 Å². The summed E-state index contributed by atoms with van der Waals surface area (Å²) in [5.41, 5.74) is 2.80. The monoisotopic (exact) mass is 333 g/mol. The molecule has 0 radical (unpaired) electrons. The number of amides is 1. The number of para-hydroxylation sites is 1. The van der Waals surface area contributed by atoms with E-state index in [1.807, 2.05) is 24.3 Å². The molecule has 0 spiro atoms. The molecule has 0 aromatic heterocycles. The largest absolute Gasteiger partial charge is 0.494 e. The van der Waals surface area contributed by atoms with E-state index in [1.54, 1.807) is 12.1 Å². The number of benzene rings is 2. The predicted octanol–water partition coefficient (Wildman–Crippen LogP) is 4.27. The zero-order valence-electron chi connectivity index (χ0n) is 13.3. The highest BCUT2D eigenvalue weighted by Crippen LogP contribution is 2.21. The molecule has 122 valence electrons. The number of aryl methyl sites for hydroxylation is 1. The number of halogens is 1. The lowest BCUT2D eigenvalue weighted by atomic mass is 10.1. The lowest BCUT2D eigenvalue weighted by Gasteiger charge is -2.09. The molecule has 2 rings (SSSR count). The van der Waals surface area contributed by atoms with Crippen molar-refractivity contribution < 1.29 is 13.9 Å². The molecule has 0 saturated carbocycles. The summed E-state index contributed by atoms with van der Waals surface area (Å²) in [6.45, 7) is 2.05. The highest BCUT2D eigenvalue weighted by Gasteiger charge is 2.07. The summed E-state index contributed by atoms with van der Waals surface area (Å²) < 4.78 is 18.5. The van der Waals surface area contributed by atoms with Crippen molar-refractivity contribution in [3.05, 3.63) is 59.4 Å². The van der Waals surface area contributed by atoms with Crippen molar-refractivity contribution in [2.24, 2.45) is 0 Å². The molecule has 0 atom stereocenters. The quantitative estimate of drug-likeness (QED) is 0.822. The maximum absolute atomic E-state index is 13.6. The molecule has 23 heavy (non-hydrogen) atoms. The van der Waals surface area contributed by atoms with Gasteiger partial charge in [-0.3, -0.25) is 4.79 Å². The van der Waals surface area contributed by atoms with Crippen LogP contribution in [0.3, 0.4) is 0 Å². The van der Waals surface area contributed by atoms with E-state index in [0.717, 1.165) is 23.2 Å². The minimum atomic E-state index is -0.382. The molecular weight excluding hydrogens is 313 g/mol. The van der Waals surface area contributed by atoms with Gasteiger partial charge in [0.15, 0.2) is 11.6 Å². The highest BCUT2D eigenvalue weighted by molar-refractivity contribution is 7.99. The van der Waals surface area contributed by atoms with Gasteiger partial charge in [-0.2, -0.15) is 0 Å². The van der Waals surface area contributed by atoms with Gasteiger partial charge >= 0.3 is 0 Å². The van der Waals surface area contributed by atoms with Gasteiger partial charge in [-0.25, -0.2) is 4.39 Å². The Kier molecular flexibility index (Phi) is 6.47. The van der Waals surface area contributed by atoms with E-state index in [2.05, 4.69) is 12.2 Å². The van der Waals surface area contributed by atoms with Crippen LogP contribution in [-0.4, -0.2) is 18.8 Å². The molecule has 0 unspecified atom stereocenters. The molecule has 0 fully saturated rings. The second kappa shape index (κ2) is 8.58. The van der Waals surface area contributed by atoms with Gasteiger partial charge in [-0.15, -0.1) is 11.8 Å². The van der Waals surface area contributed by atoms with E-state index >= 15 is 0 Å². The Bertz CT molecular complexity index is 676. The van der Waals surface area contributed by atoms with Gasteiger partial charge in [0.2, 0.25) is 5.91 Å². The third-order valence-corrected chi connectivity index (χ3v) is 4.39. The van der Waals surface area contributed by atoms with Crippen LogP contribution in [0.4, 0.5) is 10.1 Å². The Morgan fingerprint density at radius 1 is 1.26 bits per heavy atom. The van der Waals surface area contributed by atoms with Gasteiger partial charge in [-0.05, 0) is 35.7 Å². The van der Waals surface area contributed by atoms with Gasteiger partial charge < -0.3 is 10.1 Å². The first-order valence-corrected chi connectivity index (χ1v) is 8.57. The third-order valence-electron chi connectivity index (χ3n) is 3.39. The molecule has 0 aliphatic rings. The minimum Gasteiger partial charge on any atom is -0.494 e. The molecule has 2 aromatic rings. The van der Waals surface area contributed by atoms with Crippen molar-refractivity contribution >= 4 is 23.4 Å². The Morgan fingerprint density at radius 2 is 2.04 bits per heavy atom. The lowest BCUT2D eigenvalue weighted by Crippen LogP contribution is -2.15. The number of nitrogens with one attached hydrogen (secondary N) is 1. The first kappa shape index (κ1) is 17.3. The maximum Gasteiger partial charge on any atom is 0.234 e. The molecular formula is C18H20FNO2S. The fourth-order valence-electron chi connectivity index (χ4n) is 2.20. The van der Waals surface area contributed by atoms with Gasteiger partial charge in [0.25, 0.3) is 0 Å². The van der Waals surface area contributed by atoms with Crippen LogP contribution in [0.25, 0.3) is 0 Å². The van der Waals surface area contributed by atoms with E-state index < -0.39 is 0 Å². The zero-order valence-corrected chi connectivity index (χ0v) is 14.1. The summed E-state index contributed by atoms with van der Waals surface area (Å²) in [5, 5.41) is 2.92. The van der Waals surface area contributed by atoms with Crippen molar-refractivity contribution in [1.29, 1.82) is 0 Å². The zero-order chi connectivity index (χ0) is 16.7. The number of thioether (sulfide) groups is 1. The number of rotatable bonds is 7. The van der Waals surface area contributed by atoms with Crippen LogP contribution < -0.4 is 10.1 Å². The number of carbonyl (C=O) groups excluding carboxylic acids is 1. The first-order chi connectivity index (χ1) is 11.1. The van der Waals surface area contributed by atoms with Crippen molar-refractivity contribution in [2.75, 3.05) is 18.2 Å². The van der Waals surface area contributed by atoms with Crippen molar-refractivity contribution in [2.45, 2.75) is 19.1 Å². The first-order valence-electron chi connectivity index (χ1n) is 7.42. The number of ether oxygens (including phenoxy) is 1. The number of carbonyl (C=O) groups is 1. The van der Waals surface area contributed by atoms with Crippen LogP contribution in [0.2, 0.25) is 0 Å². The Hall–Kier alpha value is -2.01. The average molecular weight is 333 g/mol. The molecule has 0 bridgehead atoms. The van der Waals surface area contributed by atoms with Gasteiger partial charge in [0.1, 0.15) is 0 Å². The number of anilines is 1. The Morgan fingerprint density at radius 3 is 2.74 bits per heavy atom. The van der Waals surface area contributed by atoms with Crippen molar-refractivity contribution in [3.8, 4) is 5.75 Å². The molecule has 3 nitrogen and oxygen atoms in total. The van der Waals surface area contributed by atoms with Crippen LogP contribution in [0.15, 0.2) is 42.5 Å². The Balaban J connectivity index is 1.84. The summed E-state index contributed by atoms with van der Waals surface area (Å²) in [7, 11) is 1.44. The second-order valence-corrected chi connectivity index (χ2v) is 6.01. The standard InChI is InChI=1S/C18H20FNO2S/c1-3-14-6-4-5-7-16(14)20-18(21)12-23-11-13-8-9-17(22-2)15(19)10-13/h4-10H,3,11-12H2,1-2H3,(H,20,21). The van der Waals surface area contributed by atoms with Crippen molar-refractivity contribution in [1.82, 2.24) is 0 Å². The Labute approximate surface area is 140 Å². The number of hydrogen-bond acceptors (Lipinski definition) is 3. The summed E-state index contributed by atoms with van der Waals surface area (Å²) in [5.74, 6) is 0.694. The predicted molar refractivity (Wildman–Crippen MR) is 93.6 cm³/mol. The van der Waals surface area contributed by atoms with E-state index in [-0.39, 0.29) is 17.5 Å². The van der Waals surface area contributed by atoms with Crippen LogP contribution in [-0.2, 0) is 17.0 Å². The highest BCUT2D eigenvalue weighted by atomic mass is 32.2. The average Bonchev–Trinajstić information content (AvgIpc) is 2.55. The smallest absolute Gasteiger partial charge is 0.234 e. The normalized spacial score (nSPS) is 10.4. The van der Waals surface area contributed by atoms with Gasteiger partial charge in [0.05, 0.1) is 12.9 Å². The minimum absolute atomic E-state index is 0.0510. The molecule has 0 saturated heterocycles. The molecule has 0 aliphatic heterocycles. The molecule has 0 aliphatic carbocycles. The van der Waals surface area contributed by atoms with Crippen LogP contribution in [0.1, 0.15) is 18.1 Å². The number of hydrogen-bond donors (Lipinski definition) is 1. The molecule has 2 aromatic carbocycles. The topological polar surface area (TPSA) is 38.3 Å². The van der Waals surface area contributed by atoms with Gasteiger partial charge in [-0.1, -0.05) is 31.2 Å². The fraction of sp³-hybridized carbons (Fsp3) is 0.278.